The zero-order valence-corrected chi connectivity index (χ0v) is 14.5. The van der Waals surface area contributed by atoms with E-state index in [1.807, 2.05) is 39.8 Å². The Balaban J connectivity index is 1.87. The van der Waals surface area contributed by atoms with E-state index in [-0.39, 0.29) is 23.9 Å². The highest BCUT2D eigenvalue weighted by Crippen LogP contribution is 2.21. The minimum Gasteiger partial charge on any atom is -0.336 e. The summed E-state index contributed by atoms with van der Waals surface area (Å²) in [7, 11) is 0. The quantitative estimate of drug-likeness (QED) is 0.900. The number of hydrogen-bond donors (Lipinski definition) is 2. The zero-order chi connectivity index (χ0) is 17.0. The van der Waals surface area contributed by atoms with Gasteiger partial charge in [-0.15, -0.1) is 0 Å². The molecule has 0 spiro atoms. The normalized spacial score (nSPS) is 15.6. The minimum absolute atomic E-state index is 0.0288. The number of nitrogens with one attached hydrogen (secondary N) is 2. The van der Waals surface area contributed by atoms with E-state index in [9.17, 15) is 9.59 Å². The number of likely N-dealkylation sites (tertiary alicyclic amines) is 1. The van der Waals surface area contributed by atoms with Gasteiger partial charge in [-0.05, 0) is 63.8 Å². The summed E-state index contributed by atoms with van der Waals surface area (Å²) in [5.74, 6) is 0.0258. The number of aryl methyl sites for hydroxylation is 2. The number of carbonyl (C=O) groups excluding carboxylic acids is 2. The van der Waals surface area contributed by atoms with Crippen molar-refractivity contribution in [3.8, 4) is 0 Å². The van der Waals surface area contributed by atoms with Gasteiger partial charge in [-0.2, -0.15) is 0 Å². The summed E-state index contributed by atoms with van der Waals surface area (Å²) in [5, 5.41) is 5.91. The summed E-state index contributed by atoms with van der Waals surface area (Å²) >= 11 is 0. The fourth-order valence-corrected chi connectivity index (χ4v) is 2.97. The molecule has 0 radical (unpaired) electrons. The number of benzene rings is 1. The van der Waals surface area contributed by atoms with Crippen molar-refractivity contribution in [2.45, 2.75) is 46.6 Å². The molecule has 1 fully saturated rings. The second kappa shape index (κ2) is 7.49. The Morgan fingerprint density at radius 2 is 1.65 bits per heavy atom. The molecule has 2 rings (SSSR count). The van der Waals surface area contributed by atoms with Crippen LogP contribution in [0.1, 0.15) is 37.8 Å². The lowest BCUT2D eigenvalue weighted by atomic mass is 9.96. The molecular weight excluding hydrogens is 290 g/mol. The Labute approximate surface area is 138 Å². The van der Waals surface area contributed by atoms with Crippen LogP contribution in [0, 0.1) is 19.8 Å². The number of nitrogens with zero attached hydrogens (tertiary/aromatic N) is 1. The number of piperidine rings is 1. The van der Waals surface area contributed by atoms with Gasteiger partial charge in [0, 0.05) is 30.7 Å². The molecule has 23 heavy (non-hydrogen) atoms. The van der Waals surface area contributed by atoms with Crippen molar-refractivity contribution in [2.24, 2.45) is 5.92 Å². The Morgan fingerprint density at radius 1 is 1.09 bits per heavy atom. The number of urea groups is 1. The van der Waals surface area contributed by atoms with E-state index < -0.39 is 0 Å². The maximum Gasteiger partial charge on any atom is 0.317 e. The van der Waals surface area contributed by atoms with Crippen LogP contribution in [0.3, 0.4) is 0 Å². The van der Waals surface area contributed by atoms with Crippen molar-refractivity contribution in [3.63, 3.8) is 0 Å². The Bertz CT molecular complexity index is 555. The van der Waals surface area contributed by atoms with Crippen LogP contribution >= 0.6 is 0 Å². The van der Waals surface area contributed by atoms with Crippen LogP contribution in [0.2, 0.25) is 0 Å². The Hall–Kier alpha value is -2.04. The Morgan fingerprint density at radius 3 is 2.17 bits per heavy atom. The lowest BCUT2D eigenvalue weighted by Gasteiger charge is -2.32. The van der Waals surface area contributed by atoms with Crippen LogP contribution in [0.15, 0.2) is 18.2 Å². The summed E-state index contributed by atoms with van der Waals surface area (Å²) in [6.45, 7) is 9.19. The maximum atomic E-state index is 12.4. The van der Waals surface area contributed by atoms with Gasteiger partial charge in [-0.25, -0.2) is 4.79 Å². The summed E-state index contributed by atoms with van der Waals surface area (Å²) in [6, 6.07) is 6.15. The molecule has 0 aliphatic carbocycles. The predicted molar refractivity (Wildman–Crippen MR) is 92.5 cm³/mol. The second-order valence-corrected chi connectivity index (χ2v) is 6.73. The third-order valence-corrected chi connectivity index (χ3v) is 4.05. The lowest BCUT2D eigenvalue weighted by molar-refractivity contribution is -0.121. The molecule has 1 aromatic carbocycles. The van der Waals surface area contributed by atoms with Gasteiger partial charge < -0.3 is 15.5 Å². The van der Waals surface area contributed by atoms with E-state index >= 15 is 0 Å². The van der Waals surface area contributed by atoms with E-state index in [0.717, 1.165) is 16.8 Å². The van der Waals surface area contributed by atoms with E-state index in [1.54, 1.807) is 4.90 Å². The highest BCUT2D eigenvalue weighted by Gasteiger charge is 2.27. The predicted octanol–water partition coefficient (Wildman–Crippen LogP) is 3.07. The summed E-state index contributed by atoms with van der Waals surface area (Å²) in [5.41, 5.74) is 3.13. The van der Waals surface area contributed by atoms with Gasteiger partial charge >= 0.3 is 6.03 Å². The van der Waals surface area contributed by atoms with Crippen LogP contribution in [0.5, 0.6) is 0 Å². The molecule has 0 aromatic heterocycles. The largest absolute Gasteiger partial charge is 0.336 e. The molecule has 0 saturated carbocycles. The molecule has 0 atom stereocenters. The van der Waals surface area contributed by atoms with E-state index in [1.165, 1.54) is 0 Å². The molecule has 5 nitrogen and oxygen atoms in total. The van der Waals surface area contributed by atoms with Gasteiger partial charge in [0.05, 0.1) is 0 Å². The minimum atomic E-state index is -0.0341. The van der Waals surface area contributed by atoms with Gasteiger partial charge in [-0.3, -0.25) is 4.79 Å². The zero-order valence-electron chi connectivity index (χ0n) is 14.5. The van der Waals surface area contributed by atoms with Crippen LogP contribution in [0.25, 0.3) is 0 Å². The molecule has 3 amide bonds. The average Bonchev–Trinajstić information content (AvgIpc) is 2.45. The highest BCUT2D eigenvalue weighted by atomic mass is 16.2. The Kier molecular flexibility index (Phi) is 5.64. The van der Waals surface area contributed by atoms with Crippen molar-refractivity contribution in [1.82, 2.24) is 10.2 Å². The molecule has 5 heteroatoms. The van der Waals surface area contributed by atoms with Crippen molar-refractivity contribution in [1.29, 1.82) is 0 Å². The first-order valence-corrected chi connectivity index (χ1v) is 8.29. The van der Waals surface area contributed by atoms with Crippen LogP contribution in [0.4, 0.5) is 10.5 Å². The van der Waals surface area contributed by atoms with Crippen LogP contribution < -0.4 is 10.6 Å². The summed E-state index contributed by atoms with van der Waals surface area (Å²) in [6.07, 6.45) is 1.42. The lowest BCUT2D eigenvalue weighted by Crippen LogP contribution is -2.47. The highest BCUT2D eigenvalue weighted by molar-refractivity contribution is 5.93. The molecule has 1 saturated heterocycles. The number of carbonyl (C=O) groups is 2. The van der Waals surface area contributed by atoms with E-state index in [2.05, 4.69) is 16.7 Å². The molecule has 0 bridgehead atoms. The van der Waals surface area contributed by atoms with Gasteiger partial charge in [0.2, 0.25) is 5.91 Å². The van der Waals surface area contributed by atoms with Crippen molar-refractivity contribution < 1.29 is 9.59 Å². The first kappa shape index (κ1) is 17.3. The van der Waals surface area contributed by atoms with E-state index in [0.29, 0.717) is 25.9 Å². The van der Waals surface area contributed by atoms with Crippen molar-refractivity contribution in [3.05, 3.63) is 29.3 Å². The number of rotatable bonds is 3. The van der Waals surface area contributed by atoms with Gasteiger partial charge in [-0.1, -0.05) is 6.07 Å². The number of amides is 3. The van der Waals surface area contributed by atoms with Gasteiger partial charge in [0.25, 0.3) is 0 Å². The SMILES string of the molecule is Cc1cc(C)cc(NC(=O)C2CCN(C(=O)NC(C)C)CC2)c1. The number of anilines is 1. The summed E-state index contributed by atoms with van der Waals surface area (Å²) in [4.78, 5) is 26.2. The molecule has 1 aliphatic rings. The average molecular weight is 317 g/mol. The molecule has 1 heterocycles. The van der Waals surface area contributed by atoms with Crippen LogP contribution in [-0.4, -0.2) is 36.0 Å². The van der Waals surface area contributed by atoms with Crippen molar-refractivity contribution in [2.75, 3.05) is 18.4 Å². The molecule has 0 unspecified atom stereocenters. The molecule has 1 aromatic rings. The molecular formula is C18H27N3O2. The van der Waals surface area contributed by atoms with Gasteiger partial charge in [0.15, 0.2) is 0 Å². The topological polar surface area (TPSA) is 61.4 Å². The monoisotopic (exact) mass is 317 g/mol. The van der Waals surface area contributed by atoms with Crippen LogP contribution in [-0.2, 0) is 4.79 Å². The molecule has 126 valence electrons. The molecule has 2 N–H and O–H groups in total. The fraction of sp³-hybridized carbons (Fsp3) is 0.556. The maximum absolute atomic E-state index is 12.4. The van der Waals surface area contributed by atoms with E-state index in [4.69, 9.17) is 0 Å². The first-order valence-electron chi connectivity index (χ1n) is 8.29. The smallest absolute Gasteiger partial charge is 0.317 e. The molecule has 1 aliphatic heterocycles. The first-order chi connectivity index (χ1) is 10.8. The number of hydrogen-bond acceptors (Lipinski definition) is 2. The van der Waals surface area contributed by atoms with Crippen molar-refractivity contribution >= 4 is 17.6 Å². The second-order valence-electron chi connectivity index (χ2n) is 6.73. The standard InChI is InChI=1S/C18H27N3O2/c1-12(2)19-18(23)21-7-5-15(6-8-21)17(22)20-16-10-13(3)9-14(4)11-16/h9-12,15H,5-8H2,1-4H3,(H,19,23)(H,20,22). The van der Waals surface area contributed by atoms with Gasteiger partial charge in [0.1, 0.15) is 0 Å². The third-order valence-electron chi connectivity index (χ3n) is 4.05. The summed E-state index contributed by atoms with van der Waals surface area (Å²) < 4.78 is 0. The fourth-order valence-electron chi connectivity index (χ4n) is 2.97. The third kappa shape index (κ3) is 4.98.